The van der Waals surface area contributed by atoms with Gasteiger partial charge in [-0.05, 0) is 32.0 Å². The van der Waals surface area contributed by atoms with Crippen LogP contribution in [-0.4, -0.2) is 36.3 Å². The average Bonchev–Trinajstić information content (AvgIpc) is 2.40. The molecule has 3 N–H and O–H groups in total. The number of nitrogens with two attached hydrogens (primary N) is 1. The summed E-state index contributed by atoms with van der Waals surface area (Å²) in [6, 6.07) is 6.95. The van der Waals surface area contributed by atoms with Crippen LogP contribution in [-0.2, 0) is 4.79 Å². The average molecular weight is 263 g/mol. The predicted octanol–water partition coefficient (Wildman–Crippen LogP) is 1.46. The number of benzene rings is 1. The molecule has 19 heavy (non-hydrogen) atoms. The lowest BCUT2D eigenvalue weighted by atomic mass is 10.1. The zero-order valence-corrected chi connectivity index (χ0v) is 11.5. The molecule has 0 atom stereocenters. The van der Waals surface area contributed by atoms with Crippen molar-refractivity contribution in [3.63, 3.8) is 0 Å². The molecule has 0 saturated carbocycles. The van der Waals surface area contributed by atoms with Crippen LogP contribution in [0.4, 0.5) is 5.69 Å². The number of nitrogens with one attached hydrogen (secondary N) is 1. The Hall–Kier alpha value is -1.88. The molecule has 5 heteroatoms. The van der Waals surface area contributed by atoms with Gasteiger partial charge >= 0.3 is 0 Å². The number of nitrogens with zero attached hydrogens (tertiary/aromatic N) is 1. The van der Waals surface area contributed by atoms with Gasteiger partial charge in [0.05, 0.1) is 0 Å². The monoisotopic (exact) mass is 263 g/mol. The van der Waals surface area contributed by atoms with E-state index in [0.717, 1.165) is 0 Å². The van der Waals surface area contributed by atoms with E-state index in [4.69, 9.17) is 5.73 Å². The maximum atomic E-state index is 12.2. The van der Waals surface area contributed by atoms with Gasteiger partial charge in [-0.1, -0.05) is 6.07 Å². The summed E-state index contributed by atoms with van der Waals surface area (Å²) in [5.74, 6) is -0.171. The molecule has 0 aliphatic carbocycles. The maximum Gasteiger partial charge on any atom is 0.253 e. The molecular weight excluding hydrogens is 242 g/mol. The van der Waals surface area contributed by atoms with Crippen molar-refractivity contribution >= 4 is 17.5 Å². The SMILES string of the molecule is CCN(CC)C(=O)c1cccc(NC(=O)CCN)c1. The third-order valence-corrected chi connectivity index (χ3v) is 2.82. The van der Waals surface area contributed by atoms with Gasteiger partial charge in [0.2, 0.25) is 5.91 Å². The van der Waals surface area contributed by atoms with Crippen LogP contribution in [0.15, 0.2) is 24.3 Å². The fraction of sp³-hybridized carbons (Fsp3) is 0.429. The number of anilines is 1. The molecule has 0 aliphatic heterocycles. The first-order chi connectivity index (χ1) is 9.12. The van der Waals surface area contributed by atoms with E-state index in [1.807, 2.05) is 13.8 Å². The molecule has 0 aliphatic rings. The lowest BCUT2D eigenvalue weighted by Gasteiger charge is -2.19. The maximum absolute atomic E-state index is 12.2. The third-order valence-electron chi connectivity index (χ3n) is 2.82. The number of hydrogen-bond donors (Lipinski definition) is 2. The minimum atomic E-state index is -0.144. The fourth-order valence-corrected chi connectivity index (χ4v) is 1.78. The van der Waals surface area contributed by atoms with E-state index in [-0.39, 0.29) is 18.2 Å². The van der Waals surface area contributed by atoms with E-state index >= 15 is 0 Å². The second-order valence-electron chi connectivity index (χ2n) is 4.15. The Morgan fingerprint density at radius 2 is 1.95 bits per heavy atom. The van der Waals surface area contributed by atoms with Crippen molar-refractivity contribution < 1.29 is 9.59 Å². The van der Waals surface area contributed by atoms with Gasteiger partial charge in [-0.2, -0.15) is 0 Å². The van der Waals surface area contributed by atoms with Gasteiger partial charge in [0.15, 0.2) is 0 Å². The summed E-state index contributed by atoms with van der Waals surface area (Å²) in [5, 5.41) is 2.72. The van der Waals surface area contributed by atoms with Crippen molar-refractivity contribution in [2.24, 2.45) is 5.73 Å². The number of carbonyl (C=O) groups is 2. The van der Waals surface area contributed by atoms with E-state index in [1.165, 1.54) is 0 Å². The molecule has 104 valence electrons. The number of amides is 2. The van der Waals surface area contributed by atoms with Gasteiger partial charge in [0, 0.05) is 37.3 Å². The molecular formula is C14H21N3O2. The second kappa shape index (κ2) is 7.53. The smallest absolute Gasteiger partial charge is 0.253 e. The fourth-order valence-electron chi connectivity index (χ4n) is 1.78. The summed E-state index contributed by atoms with van der Waals surface area (Å²) in [6.07, 6.45) is 0.272. The van der Waals surface area contributed by atoms with E-state index in [2.05, 4.69) is 5.32 Å². The van der Waals surface area contributed by atoms with Gasteiger partial charge in [-0.3, -0.25) is 9.59 Å². The van der Waals surface area contributed by atoms with Gasteiger partial charge in [0.25, 0.3) is 5.91 Å². The highest BCUT2D eigenvalue weighted by Crippen LogP contribution is 2.13. The molecule has 1 aromatic carbocycles. The van der Waals surface area contributed by atoms with Crippen LogP contribution in [0.5, 0.6) is 0 Å². The Morgan fingerprint density at radius 3 is 2.53 bits per heavy atom. The van der Waals surface area contributed by atoms with Gasteiger partial charge in [-0.15, -0.1) is 0 Å². The van der Waals surface area contributed by atoms with Gasteiger partial charge < -0.3 is 16.0 Å². The molecule has 0 unspecified atom stereocenters. The van der Waals surface area contributed by atoms with Crippen molar-refractivity contribution in [3.05, 3.63) is 29.8 Å². The Morgan fingerprint density at radius 1 is 1.26 bits per heavy atom. The number of carbonyl (C=O) groups excluding carboxylic acids is 2. The largest absolute Gasteiger partial charge is 0.339 e. The minimum Gasteiger partial charge on any atom is -0.339 e. The molecule has 0 spiro atoms. The van der Waals surface area contributed by atoms with E-state index < -0.39 is 0 Å². The Bertz CT molecular complexity index is 442. The quantitative estimate of drug-likeness (QED) is 0.815. The summed E-state index contributed by atoms with van der Waals surface area (Å²) < 4.78 is 0. The lowest BCUT2D eigenvalue weighted by Crippen LogP contribution is -2.30. The Labute approximate surface area is 113 Å². The normalized spacial score (nSPS) is 10.1. The number of hydrogen-bond acceptors (Lipinski definition) is 3. The molecule has 0 bridgehead atoms. The topological polar surface area (TPSA) is 75.4 Å². The standard InChI is InChI=1S/C14H21N3O2/c1-3-17(4-2)14(19)11-6-5-7-12(10-11)16-13(18)8-9-15/h5-7,10H,3-4,8-9,15H2,1-2H3,(H,16,18). The molecule has 1 rings (SSSR count). The summed E-state index contributed by atoms with van der Waals surface area (Å²) in [6.45, 7) is 5.52. The van der Waals surface area contributed by atoms with Crippen LogP contribution in [0.3, 0.4) is 0 Å². The van der Waals surface area contributed by atoms with Crippen molar-refractivity contribution in [1.82, 2.24) is 4.90 Å². The number of rotatable bonds is 6. The molecule has 0 saturated heterocycles. The molecule has 0 radical (unpaired) electrons. The van der Waals surface area contributed by atoms with Crippen LogP contribution in [0.25, 0.3) is 0 Å². The first kappa shape index (κ1) is 15.2. The first-order valence-electron chi connectivity index (χ1n) is 6.51. The summed E-state index contributed by atoms with van der Waals surface area (Å²) in [7, 11) is 0. The molecule has 5 nitrogen and oxygen atoms in total. The molecule has 2 amide bonds. The molecule has 0 heterocycles. The second-order valence-corrected chi connectivity index (χ2v) is 4.15. The van der Waals surface area contributed by atoms with Crippen LogP contribution in [0.2, 0.25) is 0 Å². The van der Waals surface area contributed by atoms with Crippen LogP contribution >= 0.6 is 0 Å². The Kier molecular flexibility index (Phi) is 6.02. The zero-order chi connectivity index (χ0) is 14.3. The molecule has 1 aromatic rings. The van der Waals surface area contributed by atoms with Crippen LogP contribution in [0, 0.1) is 0 Å². The minimum absolute atomic E-state index is 0.0278. The van der Waals surface area contributed by atoms with Crippen molar-refractivity contribution in [1.29, 1.82) is 0 Å². The van der Waals surface area contributed by atoms with Crippen LogP contribution < -0.4 is 11.1 Å². The van der Waals surface area contributed by atoms with Gasteiger partial charge in [0.1, 0.15) is 0 Å². The van der Waals surface area contributed by atoms with Crippen molar-refractivity contribution in [2.45, 2.75) is 20.3 Å². The molecule has 0 aromatic heterocycles. The zero-order valence-electron chi connectivity index (χ0n) is 11.5. The highest BCUT2D eigenvalue weighted by Gasteiger charge is 2.12. The lowest BCUT2D eigenvalue weighted by molar-refractivity contribution is -0.116. The van der Waals surface area contributed by atoms with E-state index in [9.17, 15) is 9.59 Å². The highest BCUT2D eigenvalue weighted by molar-refractivity contribution is 5.97. The van der Waals surface area contributed by atoms with E-state index in [1.54, 1.807) is 29.2 Å². The van der Waals surface area contributed by atoms with E-state index in [0.29, 0.717) is 30.9 Å². The summed E-state index contributed by atoms with van der Waals surface area (Å²) >= 11 is 0. The van der Waals surface area contributed by atoms with Crippen molar-refractivity contribution in [3.8, 4) is 0 Å². The summed E-state index contributed by atoms with van der Waals surface area (Å²) in [4.78, 5) is 25.4. The molecule has 0 fully saturated rings. The van der Waals surface area contributed by atoms with Crippen LogP contribution in [0.1, 0.15) is 30.6 Å². The Balaban J connectivity index is 2.82. The predicted molar refractivity (Wildman–Crippen MR) is 76.0 cm³/mol. The van der Waals surface area contributed by atoms with Gasteiger partial charge in [-0.25, -0.2) is 0 Å². The first-order valence-corrected chi connectivity index (χ1v) is 6.51. The third kappa shape index (κ3) is 4.37. The summed E-state index contributed by atoms with van der Waals surface area (Å²) in [5.41, 5.74) is 6.52. The van der Waals surface area contributed by atoms with Crippen molar-refractivity contribution in [2.75, 3.05) is 25.0 Å². The highest BCUT2D eigenvalue weighted by atomic mass is 16.2.